The Morgan fingerprint density at radius 1 is 1.10 bits per heavy atom. The summed E-state index contributed by atoms with van der Waals surface area (Å²) in [4.78, 5) is 10.8. The number of carbonyl (C=O) groups is 1. The van der Waals surface area contributed by atoms with Gasteiger partial charge in [0.15, 0.2) is 5.78 Å². The number of sulfonamides is 1. The second kappa shape index (κ2) is 5.91. The van der Waals surface area contributed by atoms with Crippen molar-refractivity contribution in [2.24, 2.45) is 4.40 Å². The zero-order chi connectivity index (χ0) is 14.9. The predicted octanol–water partition coefficient (Wildman–Crippen LogP) is 2.87. The van der Waals surface area contributed by atoms with E-state index >= 15 is 0 Å². The van der Waals surface area contributed by atoms with E-state index in [1.165, 1.54) is 18.2 Å². The summed E-state index contributed by atoms with van der Waals surface area (Å²) in [5.74, 6) is -0.111. The monoisotopic (exact) mass is 419 g/mol. The highest BCUT2D eigenvalue weighted by atomic mass is 79.9. The highest BCUT2D eigenvalue weighted by Gasteiger charge is 2.33. The molecule has 2 atom stereocenters. The predicted molar refractivity (Wildman–Crippen MR) is 85.3 cm³/mol. The Bertz CT molecular complexity index is 696. The number of rotatable bonds is 2. The summed E-state index contributed by atoms with van der Waals surface area (Å²) in [7, 11) is -3.78. The van der Waals surface area contributed by atoms with Crippen LogP contribution in [0.5, 0.6) is 0 Å². The molecule has 2 rings (SSSR count). The summed E-state index contributed by atoms with van der Waals surface area (Å²) in [5, 5.41) is 0. The van der Waals surface area contributed by atoms with Crippen molar-refractivity contribution in [1.82, 2.24) is 0 Å². The summed E-state index contributed by atoms with van der Waals surface area (Å²) in [6, 6.07) is 7.99. The molecule has 1 aromatic rings. The first-order chi connectivity index (χ1) is 9.33. The third-order valence-electron chi connectivity index (χ3n) is 2.81. The Morgan fingerprint density at radius 2 is 1.70 bits per heavy atom. The molecule has 0 heterocycles. The van der Waals surface area contributed by atoms with Crippen LogP contribution in [-0.2, 0) is 14.8 Å². The first-order valence-electron chi connectivity index (χ1n) is 5.73. The van der Waals surface area contributed by atoms with Gasteiger partial charge < -0.3 is 0 Å². The van der Waals surface area contributed by atoms with Crippen molar-refractivity contribution >= 4 is 53.4 Å². The van der Waals surface area contributed by atoms with Crippen LogP contribution in [0.3, 0.4) is 0 Å². The maximum absolute atomic E-state index is 12.2. The van der Waals surface area contributed by atoms with Gasteiger partial charge in [-0.2, -0.15) is 12.8 Å². The average Bonchev–Trinajstić information content (AvgIpc) is 2.42. The molecule has 0 amide bonds. The van der Waals surface area contributed by atoms with E-state index in [4.69, 9.17) is 0 Å². The topological polar surface area (TPSA) is 63.6 Å². The molecule has 0 radical (unpaired) electrons. The van der Waals surface area contributed by atoms with Crippen molar-refractivity contribution in [3.8, 4) is 0 Å². The summed E-state index contributed by atoms with van der Waals surface area (Å²) >= 11 is 6.56. The van der Waals surface area contributed by atoms with Crippen LogP contribution in [0.1, 0.15) is 6.92 Å². The Hall–Kier alpha value is -0.790. The molecule has 106 valence electrons. The molecular weight excluding hydrogens is 410 g/mol. The van der Waals surface area contributed by atoms with Crippen LogP contribution in [-0.4, -0.2) is 29.6 Å². The first-order valence-corrected chi connectivity index (χ1v) is 9.00. The molecule has 4 nitrogen and oxygen atoms in total. The molecule has 0 N–H and O–H groups in total. The molecule has 0 bridgehead atoms. The minimum atomic E-state index is -3.78. The van der Waals surface area contributed by atoms with E-state index in [1.807, 2.05) is 0 Å². The number of hydrogen-bond acceptors (Lipinski definition) is 3. The molecule has 0 saturated carbocycles. The standard InChI is InChI=1S/C13H11Br2NO3S/c1-8-7-10(17)11(14)12(15)13(8)16-20(18,19)9-5-3-2-4-6-9/h2-7,11-12H,1H3/t11-,12+/m1/s1. The van der Waals surface area contributed by atoms with Gasteiger partial charge in [-0.15, -0.1) is 0 Å². The number of benzene rings is 1. The lowest BCUT2D eigenvalue weighted by Crippen LogP contribution is -2.35. The Kier molecular flexibility index (Phi) is 4.61. The van der Waals surface area contributed by atoms with Crippen LogP contribution in [0, 0.1) is 0 Å². The van der Waals surface area contributed by atoms with E-state index in [0.717, 1.165) is 0 Å². The van der Waals surface area contributed by atoms with Crippen molar-refractivity contribution in [3.05, 3.63) is 42.0 Å². The van der Waals surface area contributed by atoms with Gasteiger partial charge in [0.05, 0.1) is 20.3 Å². The molecule has 0 aliphatic heterocycles. The van der Waals surface area contributed by atoms with Crippen LogP contribution in [0.15, 0.2) is 51.3 Å². The van der Waals surface area contributed by atoms with Crippen LogP contribution in [0.25, 0.3) is 0 Å². The number of nitrogens with zero attached hydrogens (tertiary/aromatic N) is 1. The zero-order valence-corrected chi connectivity index (χ0v) is 14.4. The van der Waals surface area contributed by atoms with E-state index < -0.39 is 19.7 Å². The van der Waals surface area contributed by atoms with Crippen LogP contribution in [0.4, 0.5) is 0 Å². The van der Waals surface area contributed by atoms with Gasteiger partial charge in [0.1, 0.15) is 0 Å². The summed E-state index contributed by atoms with van der Waals surface area (Å²) in [6.07, 6.45) is 1.40. The SMILES string of the molecule is CC1=CC(=O)[C@@H](Br)[C@H](Br)C1=NS(=O)(=O)c1ccccc1. The molecular formula is C13H11Br2NO3S. The number of carbonyl (C=O) groups excluding carboxylic acids is 1. The van der Waals surface area contributed by atoms with Crippen molar-refractivity contribution in [1.29, 1.82) is 0 Å². The van der Waals surface area contributed by atoms with Gasteiger partial charge >= 0.3 is 0 Å². The lowest BCUT2D eigenvalue weighted by Gasteiger charge is -2.22. The van der Waals surface area contributed by atoms with Crippen molar-refractivity contribution in [2.45, 2.75) is 21.5 Å². The molecule has 1 aliphatic carbocycles. The molecule has 1 aromatic carbocycles. The minimum Gasteiger partial charge on any atom is -0.294 e. The Balaban J connectivity index is 2.50. The fourth-order valence-electron chi connectivity index (χ4n) is 1.76. The van der Waals surface area contributed by atoms with E-state index in [-0.39, 0.29) is 10.7 Å². The molecule has 20 heavy (non-hydrogen) atoms. The van der Waals surface area contributed by atoms with Gasteiger partial charge in [-0.05, 0) is 30.7 Å². The van der Waals surface area contributed by atoms with Gasteiger partial charge in [0, 0.05) is 0 Å². The van der Waals surface area contributed by atoms with E-state index in [1.54, 1.807) is 25.1 Å². The normalized spacial score (nSPS) is 25.6. The van der Waals surface area contributed by atoms with Crippen molar-refractivity contribution in [2.75, 3.05) is 0 Å². The Morgan fingerprint density at radius 3 is 2.30 bits per heavy atom. The molecule has 1 aliphatic rings. The fourth-order valence-corrected chi connectivity index (χ4v) is 4.13. The maximum atomic E-state index is 12.2. The molecule has 0 fully saturated rings. The summed E-state index contributed by atoms with van der Waals surface area (Å²) in [5.41, 5.74) is 0.891. The zero-order valence-electron chi connectivity index (χ0n) is 10.5. The fraction of sp³-hybridized carbons (Fsp3) is 0.231. The van der Waals surface area contributed by atoms with Crippen molar-refractivity contribution in [3.63, 3.8) is 0 Å². The van der Waals surface area contributed by atoms with Crippen LogP contribution >= 0.6 is 31.9 Å². The first kappa shape index (κ1) is 15.6. The van der Waals surface area contributed by atoms with Crippen LogP contribution in [0.2, 0.25) is 0 Å². The smallest absolute Gasteiger partial charge is 0.282 e. The average molecular weight is 421 g/mol. The number of halogens is 2. The van der Waals surface area contributed by atoms with Gasteiger partial charge in [0.25, 0.3) is 10.0 Å². The quantitative estimate of drug-likeness (QED) is 0.691. The lowest BCUT2D eigenvalue weighted by molar-refractivity contribution is -0.113. The van der Waals surface area contributed by atoms with E-state index in [0.29, 0.717) is 11.3 Å². The second-order valence-corrected chi connectivity index (χ2v) is 7.88. The molecule has 0 spiro atoms. The van der Waals surface area contributed by atoms with E-state index in [2.05, 4.69) is 36.3 Å². The Labute approximate surface area is 134 Å². The largest absolute Gasteiger partial charge is 0.294 e. The van der Waals surface area contributed by atoms with Gasteiger partial charge in [-0.1, -0.05) is 50.1 Å². The molecule has 0 saturated heterocycles. The molecule has 0 aromatic heterocycles. The maximum Gasteiger partial charge on any atom is 0.282 e. The number of ketones is 1. The number of hydrogen-bond donors (Lipinski definition) is 0. The summed E-state index contributed by atoms with van der Waals surface area (Å²) < 4.78 is 28.4. The highest BCUT2D eigenvalue weighted by Crippen LogP contribution is 2.27. The molecule has 0 unspecified atom stereocenters. The van der Waals surface area contributed by atoms with E-state index in [9.17, 15) is 13.2 Å². The van der Waals surface area contributed by atoms with Crippen LogP contribution < -0.4 is 0 Å². The minimum absolute atomic E-state index is 0.111. The third kappa shape index (κ3) is 3.10. The third-order valence-corrected chi connectivity index (χ3v) is 6.77. The lowest BCUT2D eigenvalue weighted by atomic mass is 9.98. The van der Waals surface area contributed by atoms with Gasteiger partial charge in [0.2, 0.25) is 0 Å². The second-order valence-electron chi connectivity index (χ2n) is 4.30. The molecule has 7 heteroatoms. The summed E-state index contributed by atoms with van der Waals surface area (Å²) in [6.45, 7) is 1.67. The van der Waals surface area contributed by atoms with Crippen molar-refractivity contribution < 1.29 is 13.2 Å². The highest BCUT2D eigenvalue weighted by molar-refractivity contribution is 9.12. The van der Waals surface area contributed by atoms with Gasteiger partial charge in [-0.25, -0.2) is 0 Å². The number of allylic oxidation sites excluding steroid dienone is 2. The van der Waals surface area contributed by atoms with Gasteiger partial charge in [-0.3, -0.25) is 4.79 Å². The number of alkyl halides is 2.